The second kappa shape index (κ2) is 6.47. The normalized spacial score (nSPS) is 11.6. The highest BCUT2D eigenvalue weighted by Crippen LogP contribution is 2.06. The minimum Gasteiger partial charge on any atom is -0.480 e. The molecule has 7 heteroatoms. The van der Waals surface area contributed by atoms with E-state index in [1.807, 2.05) is 30.3 Å². The van der Waals surface area contributed by atoms with Crippen LogP contribution in [0.5, 0.6) is 0 Å². The summed E-state index contributed by atoms with van der Waals surface area (Å²) in [5.74, 6) is -1.72. The largest absolute Gasteiger partial charge is 0.480 e. The number of carboxylic acid groups (broad SMARTS) is 1. The van der Waals surface area contributed by atoms with E-state index in [4.69, 9.17) is 5.11 Å². The van der Waals surface area contributed by atoms with Gasteiger partial charge >= 0.3 is 5.97 Å². The van der Waals surface area contributed by atoms with Crippen molar-refractivity contribution in [2.45, 2.75) is 12.5 Å². The van der Waals surface area contributed by atoms with Gasteiger partial charge in [0.1, 0.15) is 6.04 Å². The lowest BCUT2D eigenvalue weighted by atomic mass is 10.2. The highest BCUT2D eigenvalue weighted by molar-refractivity contribution is 5.94. The third-order valence-electron chi connectivity index (χ3n) is 2.75. The van der Waals surface area contributed by atoms with Crippen LogP contribution < -0.4 is 5.32 Å². The molecule has 1 amide bonds. The molecule has 1 unspecified atom stereocenters. The third kappa shape index (κ3) is 3.53. The van der Waals surface area contributed by atoms with Crippen LogP contribution in [0, 0.1) is 0 Å². The van der Waals surface area contributed by atoms with Gasteiger partial charge in [0.15, 0.2) is 5.69 Å². The minimum absolute atomic E-state index is 0.0502. The maximum atomic E-state index is 12.0. The number of hydrogen-bond donors (Lipinski definition) is 2. The van der Waals surface area contributed by atoms with Crippen LogP contribution in [0.25, 0.3) is 5.69 Å². The number of hydrogen-bond acceptors (Lipinski definition) is 4. The van der Waals surface area contributed by atoms with Crippen LogP contribution in [0.1, 0.15) is 16.9 Å². The summed E-state index contributed by atoms with van der Waals surface area (Å²) in [6.45, 7) is 3.46. The summed E-state index contributed by atoms with van der Waals surface area (Å²) in [6, 6.07) is 8.13. The van der Waals surface area contributed by atoms with E-state index < -0.39 is 17.9 Å². The molecule has 0 aliphatic heterocycles. The van der Waals surface area contributed by atoms with E-state index in [9.17, 15) is 9.59 Å². The molecule has 0 saturated carbocycles. The van der Waals surface area contributed by atoms with E-state index in [1.165, 1.54) is 17.0 Å². The zero-order valence-corrected chi connectivity index (χ0v) is 11.1. The Bertz CT molecular complexity index is 651. The van der Waals surface area contributed by atoms with E-state index >= 15 is 0 Å². The first-order valence-corrected chi connectivity index (χ1v) is 6.24. The topological polar surface area (TPSA) is 97.1 Å². The second-order valence-electron chi connectivity index (χ2n) is 4.27. The van der Waals surface area contributed by atoms with Gasteiger partial charge < -0.3 is 10.4 Å². The Kier molecular flexibility index (Phi) is 4.45. The summed E-state index contributed by atoms with van der Waals surface area (Å²) in [4.78, 5) is 22.9. The molecule has 0 saturated heterocycles. The van der Waals surface area contributed by atoms with Gasteiger partial charge in [-0.05, 0) is 18.6 Å². The lowest BCUT2D eigenvalue weighted by Gasteiger charge is -2.10. The Morgan fingerprint density at radius 2 is 2.10 bits per heavy atom. The number of aliphatic carboxylic acids is 1. The summed E-state index contributed by atoms with van der Waals surface area (Å²) in [5.41, 5.74) is 0.805. The van der Waals surface area contributed by atoms with Crippen LogP contribution in [0.15, 0.2) is 49.2 Å². The fraction of sp³-hybridized carbons (Fsp3) is 0.143. The molecule has 2 rings (SSSR count). The highest BCUT2D eigenvalue weighted by Gasteiger charge is 2.21. The molecule has 0 spiro atoms. The molecule has 0 radical (unpaired) electrons. The van der Waals surface area contributed by atoms with Gasteiger partial charge in [-0.3, -0.25) is 4.79 Å². The predicted molar refractivity (Wildman–Crippen MR) is 75.1 cm³/mol. The molecule has 1 aromatic carbocycles. The molecule has 108 valence electrons. The van der Waals surface area contributed by atoms with Crippen molar-refractivity contribution in [3.8, 4) is 5.69 Å². The quantitative estimate of drug-likeness (QED) is 0.773. The van der Waals surface area contributed by atoms with Gasteiger partial charge in [-0.15, -0.1) is 11.7 Å². The van der Waals surface area contributed by atoms with Gasteiger partial charge in [-0.1, -0.05) is 29.5 Å². The van der Waals surface area contributed by atoms with Crippen LogP contribution in [0.2, 0.25) is 0 Å². The number of aromatic nitrogens is 3. The zero-order valence-electron chi connectivity index (χ0n) is 11.1. The summed E-state index contributed by atoms with van der Waals surface area (Å²) in [5, 5.41) is 18.9. The number of nitrogens with zero attached hydrogens (tertiary/aromatic N) is 3. The molecule has 2 aromatic rings. The fourth-order valence-electron chi connectivity index (χ4n) is 1.70. The minimum atomic E-state index is -1.13. The summed E-state index contributed by atoms with van der Waals surface area (Å²) < 4.78 is 1.44. The molecule has 0 fully saturated rings. The molecule has 2 N–H and O–H groups in total. The van der Waals surface area contributed by atoms with Crippen LogP contribution in [-0.4, -0.2) is 38.0 Å². The van der Waals surface area contributed by atoms with Crippen molar-refractivity contribution < 1.29 is 14.7 Å². The van der Waals surface area contributed by atoms with Crippen molar-refractivity contribution in [3.63, 3.8) is 0 Å². The first-order valence-electron chi connectivity index (χ1n) is 6.24. The number of benzene rings is 1. The lowest BCUT2D eigenvalue weighted by molar-refractivity contribution is -0.139. The van der Waals surface area contributed by atoms with Crippen molar-refractivity contribution in [1.82, 2.24) is 20.3 Å². The zero-order chi connectivity index (χ0) is 15.2. The van der Waals surface area contributed by atoms with E-state index in [0.29, 0.717) is 0 Å². The Labute approximate surface area is 120 Å². The molecule has 0 aliphatic carbocycles. The van der Waals surface area contributed by atoms with Gasteiger partial charge in [-0.25, -0.2) is 9.48 Å². The molecule has 21 heavy (non-hydrogen) atoms. The van der Waals surface area contributed by atoms with Crippen molar-refractivity contribution in [2.75, 3.05) is 0 Å². The smallest absolute Gasteiger partial charge is 0.326 e. The number of carbonyl (C=O) groups excluding carboxylic acids is 1. The molecular formula is C14H14N4O3. The average molecular weight is 286 g/mol. The monoisotopic (exact) mass is 286 g/mol. The maximum Gasteiger partial charge on any atom is 0.326 e. The number of nitrogens with one attached hydrogen (secondary N) is 1. The second-order valence-corrected chi connectivity index (χ2v) is 4.27. The standard InChI is InChI=1S/C14H14N4O3/c1-2-6-11(14(20)21)15-13(19)12-9-18(17-16-12)10-7-4-3-5-8-10/h2-5,7-9,11H,1,6H2,(H,15,19)(H,20,21). The summed E-state index contributed by atoms with van der Waals surface area (Å²) in [6.07, 6.45) is 3.01. The fourth-order valence-corrected chi connectivity index (χ4v) is 1.70. The summed E-state index contributed by atoms with van der Waals surface area (Å²) in [7, 11) is 0. The first kappa shape index (κ1) is 14.4. The Morgan fingerprint density at radius 3 is 2.71 bits per heavy atom. The number of amides is 1. The molecule has 0 bridgehead atoms. The molecule has 1 atom stereocenters. The van der Waals surface area contributed by atoms with Crippen molar-refractivity contribution in [3.05, 3.63) is 54.9 Å². The highest BCUT2D eigenvalue weighted by atomic mass is 16.4. The lowest BCUT2D eigenvalue weighted by Crippen LogP contribution is -2.40. The van der Waals surface area contributed by atoms with E-state index in [0.717, 1.165) is 5.69 Å². The molecule has 7 nitrogen and oxygen atoms in total. The van der Waals surface area contributed by atoms with E-state index in [2.05, 4.69) is 22.2 Å². The average Bonchev–Trinajstić information content (AvgIpc) is 2.97. The van der Waals surface area contributed by atoms with E-state index in [-0.39, 0.29) is 12.1 Å². The molecule has 1 aromatic heterocycles. The Balaban J connectivity index is 2.12. The van der Waals surface area contributed by atoms with Crippen LogP contribution in [0.3, 0.4) is 0 Å². The van der Waals surface area contributed by atoms with Crippen molar-refractivity contribution in [2.24, 2.45) is 0 Å². The molecule has 0 aliphatic rings. The molecular weight excluding hydrogens is 272 g/mol. The Morgan fingerprint density at radius 1 is 1.38 bits per heavy atom. The predicted octanol–water partition coefficient (Wildman–Crippen LogP) is 1.03. The van der Waals surface area contributed by atoms with E-state index in [1.54, 1.807) is 0 Å². The number of rotatable bonds is 6. The van der Waals surface area contributed by atoms with Gasteiger partial charge in [0.2, 0.25) is 0 Å². The number of para-hydroxylation sites is 1. The van der Waals surface area contributed by atoms with Gasteiger partial charge in [0.05, 0.1) is 11.9 Å². The maximum absolute atomic E-state index is 12.0. The third-order valence-corrected chi connectivity index (χ3v) is 2.75. The van der Waals surface area contributed by atoms with Crippen molar-refractivity contribution >= 4 is 11.9 Å². The van der Waals surface area contributed by atoms with Gasteiger partial charge in [0.25, 0.3) is 5.91 Å². The first-order chi connectivity index (χ1) is 10.1. The van der Waals surface area contributed by atoms with Gasteiger partial charge in [0, 0.05) is 0 Å². The number of carbonyl (C=O) groups is 2. The molecule has 1 heterocycles. The van der Waals surface area contributed by atoms with Gasteiger partial charge in [-0.2, -0.15) is 0 Å². The van der Waals surface area contributed by atoms with Crippen LogP contribution in [0.4, 0.5) is 0 Å². The van der Waals surface area contributed by atoms with Crippen LogP contribution >= 0.6 is 0 Å². The SMILES string of the molecule is C=CCC(NC(=O)c1cn(-c2ccccc2)nn1)C(=O)O. The summed E-state index contributed by atoms with van der Waals surface area (Å²) >= 11 is 0. The number of carboxylic acids is 1. The van der Waals surface area contributed by atoms with Crippen molar-refractivity contribution in [1.29, 1.82) is 0 Å². The Hall–Kier alpha value is -2.96. The van der Waals surface area contributed by atoms with Crippen LogP contribution in [-0.2, 0) is 4.79 Å².